The Hall–Kier alpha value is -1.32. The quantitative estimate of drug-likeness (QED) is 0.814. The Balaban J connectivity index is 2.89. The minimum Gasteiger partial charge on any atom is -0.406 e. The first-order valence-corrected chi connectivity index (χ1v) is 5.60. The monoisotopic (exact) mass is 272 g/mol. The molecule has 0 radical (unpaired) electrons. The molecule has 96 valence electrons. The molecule has 0 aliphatic rings. The maximum absolute atomic E-state index is 11.8. The highest BCUT2D eigenvalue weighted by molar-refractivity contribution is 7.85. The predicted octanol–water partition coefficient (Wildman–Crippen LogP) is 1.46. The van der Waals surface area contributed by atoms with Gasteiger partial charge in [0.05, 0.1) is 0 Å². The lowest BCUT2D eigenvalue weighted by atomic mass is 10.2. The van der Waals surface area contributed by atoms with Crippen LogP contribution in [0.1, 0.15) is 11.0 Å². The van der Waals surface area contributed by atoms with E-state index in [9.17, 15) is 21.6 Å². The van der Waals surface area contributed by atoms with Gasteiger partial charge in [-0.05, 0) is 17.7 Å². The first-order chi connectivity index (χ1) is 7.59. The molecule has 0 saturated heterocycles. The van der Waals surface area contributed by atoms with E-state index in [0.29, 0.717) is 0 Å². The van der Waals surface area contributed by atoms with Gasteiger partial charge in [-0.3, -0.25) is 4.55 Å². The number of aliphatic hydroxyl groups excluding tert-OH is 1. The van der Waals surface area contributed by atoms with Gasteiger partial charge in [0, 0.05) is 0 Å². The largest absolute Gasteiger partial charge is 0.573 e. The van der Waals surface area contributed by atoms with Crippen LogP contribution in [0, 0.1) is 0 Å². The molecule has 9 heteroatoms. The number of hydrogen-bond donors (Lipinski definition) is 2. The fourth-order valence-corrected chi connectivity index (χ4v) is 1.51. The highest BCUT2D eigenvalue weighted by Crippen LogP contribution is 2.25. The van der Waals surface area contributed by atoms with Crippen LogP contribution in [0.15, 0.2) is 24.3 Å². The average Bonchev–Trinajstić information content (AvgIpc) is 2.14. The van der Waals surface area contributed by atoms with Crippen LogP contribution in [-0.2, 0) is 10.1 Å². The van der Waals surface area contributed by atoms with Crippen molar-refractivity contribution >= 4 is 10.1 Å². The summed E-state index contributed by atoms with van der Waals surface area (Å²) in [4.78, 5) is 0. The third kappa shape index (κ3) is 4.21. The number of halogens is 3. The second-order valence-corrected chi connectivity index (χ2v) is 4.46. The Bertz CT molecular complexity index is 479. The van der Waals surface area contributed by atoms with E-state index in [4.69, 9.17) is 9.66 Å². The fraction of sp³-hybridized carbons (Fsp3) is 0.250. The van der Waals surface area contributed by atoms with Gasteiger partial charge in [0.1, 0.15) is 5.75 Å². The van der Waals surface area contributed by atoms with E-state index in [-0.39, 0.29) is 5.56 Å². The van der Waals surface area contributed by atoms with Crippen molar-refractivity contribution in [3.63, 3.8) is 0 Å². The van der Waals surface area contributed by atoms with Gasteiger partial charge >= 0.3 is 6.36 Å². The molecule has 0 fully saturated rings. The number of hydrogen-bond acceptors (Lipinski definition) is 4. The molecular weight excluding hydrogens is 265 g/mol. The van der Waals surface area contributed by atoms with E-state index in [2.05, 4.69) is 4.74 Å². The lowest BCUT2D eigenvalue weighted by molar-refractivity contribution is -0.274. The number of aliphatic hydroxyl groups is 1. The third-order valence-electron chi connectivity index (χ3n) is 1.68. The van der Waals surface area contributed by atoms with Crippen molar-refractivity contribution in [2.45, 2.75) is 11.8 Å². The van der Waals surface area contributed by atoms with Crippen LogP contribution in [0.3, 0.4) is 0 Å². The summed E-state index contributed by atoms with van der Waals surface area (Å²) < 4.78 is 68.5. The Kier molecular flexibility index (Phi) is 3.65. The Labute approximate surface area is 94.2 Å². The molecule has 0 amide bonds. The zero-order chi connectivity index (χ0) is 13.3. The van der Waals surface area contributed by atoms with Gasteiger partial charge in [0.25, 0.3) is 10.1 Å². The summed E-state index contributed by atoms with van der Waals surface area (Å²) in [6.45, 7) is 0. The van der Waals surface area contributed by atoms with Gasteiger partial charge in [-0.2, -0.15) is 8.42 Å². The lowest BCUT2D eigenvalue weighted by Gasteiger charge is -2.10. The zero-order valence-electron chi connectivity index (χ0n) is 8.05. The fourth-order valence-electron chi connectivity index (χ4n) is 1.01. The molecule has 0 bridgehead atoms. The molecule has 17 heavy (non-hydrogen) atoms. The highest BCUT2D eigenvalue weighted by Gasteiger charge is 2.31. The van der Waals surface area contributed by atoms with Crippen molar-refractivity contribution in [3.8, 4) is 5.75 Å². The van der Waals surface area contributed by atoms with Crippen LogP contribution in [0.4, 0.5) is 13.2 Å². The average molecular weight is 272 g/mol. The normalized spacial score (nSPS) is 14.4. The second-order valence-electron chi connectivity index (χ2n) is 2.98. The molecule has 2 N–H and O–H groups in total. The summed E-state index contributed by atoms with van der Waals surface area (Å²) in [5.41, 5.74) is -2.48. The van der Waals surface area contributed by atoms with Crippen molar-refractivity contribution in [1.29, 1.82) is 0 Å². The van der Waals surface area contributed by atoms with Gasteiger partial charge in [0.15, 0.2) is 0 Å². The summed E-state index contributed by atoms with van der Waals surface area (Å²) in [6.07, 6.45) is -4.86. The summed E-state index contributed by atoms with van der Waals surface area (Å²) in [7, 11) is -4.71. The van der Waals surface area contributed by atoms with Crippen LogP contribution in [-0.4, -0.2) is 24.4 Å². The van der Waals surface area contributed by atoms with Crippen LogP contribution < -0.4 is 4.74 Å². The van der Waals surface area contributed by atoms with E-state index in [1.54, 1.807) is 0 Å². The summed E-state index contributed by atoms with van der Waals surface area (Å²) in [5.74, 6) is -0.566. The molecular formula is C8H7F3O5S. The molecule has 1 aromatic rings. The zero-order valence-corrected chi connectivity index (χ0v) is 8.86. The van der Waals surface area contributed by atoms with Crippen molar-refractivity contribution in [2.24, 2.45) is 0 Å². The van der Waals surface area contributed by atoms with Gasteiger partial charge in [-0.25, -0.2) is 0 Å². The van der Waals surface area contributed by atoms with Gasteiger partial charge in [-0.1, -0.05) is 12.1 Å². The number of rotatable bonds is 3. The van der Waals surface area contributed by atoms with E-state index < -0.39 is 27.7 Å². The third-order valence-corrected chi connectivity index (χ3v) is 2.52. The van der Waals surface area contributed by atoms with E-state index in [1.807, 2.05) is 0 Å². The van der Waals surface area contributed by atoms with Gasteiger partial charge < -0.3 is 9.84 Å². The second kappa shape index (κ2) is 4.51. The van der Waals surface area contributed by atoms with Crippen molar-refractivity contribution in [3.05, 3.63) is 29.8 Å². The summed E-state index contributed by atoms with van der Waals surface area (Å²) in [5, 5.41) is 9.08. The van der Waals surface area contributed by atoms with Crippen molar-refractivity contribution in [2.75, 3.05) is 0 Å². The molecule has 1 atom stereocenters. The molecule has 0 aliphatic heterocycles. The SMILES string of the molecule is O=S(=O)(O)C(O)c1ccc(OC(F)(F)F)cc1. The van der Waals surface area contributed by atoms with Gasteiger partial charge in [-0.15, -0.1) is 13.2 Å². The van der Waals surface area contributed by atoms with Crippen LogP contribution >= 0.6 is 0 Å². The lowest BCUT2D eigenvalue weighted by Crippen LogP contribution is -2.17. The molecule has 1 rings (SSSR count). The molecule has 1 unspecified atom stereocenters. The molecule has 0 saturated carbocycles. The molecule has 0 aromatic heterocycles. The molecule has 0 heterocycles. The molecule has 0 spiro atoms. The first-order valence-electron chi connectivity index (χ1n) is 4.10. The van der Waals surface area contributed by atoms with Crippen LogP contribution in [0.2, 0.25) is 0 Å². The van der Waals surface area contributed by atoms with Crippen molar-refractivity contribution in [1.82, 2.24) is 0 Å². The minimum absolute atomic E-state index is 0.276. The maximum Gasteiger partial charge on any atom is 0.573 e. The standard InChI is InChI=1S/C8H7F3O5S/c9-8(10,11)16-6-3-1-5(2-4-6)7(12)17(13,14)15/h1-4,7,12H,(H,13,14,15). The summed E-state index contributed by atoms with van der Waals surface area (Å²) in [6, 6.07) is 3.41. The van der Waals surface area contributed by atoms with Crippen molar-refractivity contribution < 1.29 is 36.0 Å². The molecule has 5 nitrogen and oxygen atoms in total. The smallest absolute Gasteiger partial charge is 0.406 e. The van der Waals surface area contributed by atoms with Gasteiger partial charge in [0.2, 0.25) is 5.44 Å². The highest BCUT2D eigenvalue weighted by atomic mass is 32.2. The minimum atomic E-state index is -4.86. The maximum atomic E-state index is 11.8. The Morgan fingerprint density at radius 2 is 1.65 bits per heavy atom. The Morgan fingerprint density at radius 1 is 1.18 bits per heavy atom. The van der Waals surface area contributed by atoms with E-state index in [0.717, 1.165) is 24.3 Å². The molecule has 0 aliphatic carbocycles. The Morgan fingerprint density at radius 3 is 2.00 bits per heavy atom. The molecule has 1 aromatic carbocycles. The van der Waals surface area contributed by atoms with Crippen LogP contribution in [0.25, 0.3) is 0 Å². The number of benzene rings is 1. The van der Waals surface area contributed by atoms with Crippen LogP contribution in [0.5, 0.6) is 5.75 Å². The first kappa shape index (κ1) is 13.7. The van der Waals surface area contributed by atoms with E-state index >= 15 is 0 Å². The number of ether oxygens (including phenoxy) is 1. The topological polar surface area (TPSA) is 83.8 Å². The summed E-state index contributed by atoms with van der Waals surface area (Å²) >= 11 is 0. The van der Waals surface area contributed by atoms with E-state index in [1.165, 1.54) is 0 Å². The predicted molar refractivity (Wildman–Crippen MR) is 49.6 cm³/mol. The number of alkyl halides is 3.